The highest BCUT2D eigenvalue weighted by atomic mass is 19.1. The predicted octanol–water partition coefficient (Wildman–Crippen LogP) is 4.35. The second-order valence-corrected chi connectivity index (χ2v) is 7.06. The molecule has 1 atom stereocenters. The third-order valence-electron chi connectivity index (χ3n) is 5.08. The van der Waals surface area contributed by atoms with E-state index in [9.17, 15) is 23.7 Å². The number of carbonyl (C=O) groups excluding carboxylic acids is 1. The van der Waals surface area contributed by atoms with E-state index in [0.717, 1.165) is 17.8 Å². The molecule has 1 saturated heterocycles. The molecule has 0 bridgehead atoms. The van der Waals surface area contributed by atoms with Crippen LogP contribution in [0.1, 0.15) is 18.0 Å². The Bertz CT molecular complexity index is 1140. The van der Waals surface area contributed by atoms with Crippen LogP contribution in [-0.2, 0) is 0 Å². The number of halogens is 2. The van der Waals surface area contributed by atoms with Gasteiger partial charge in [-0.25, -0.2) is 18.6 Å². The zero-order chi connectivity index (χ0) is 22.0. The molecule has 1 aromatic carbocycles. The van der Waals surface area contributed by atoms with Gasteiger partial charge in [-0.05, 0) is 36.8 Å². The zero-order valence-corrected chi connectivity index (χ0v) is 16.2. The highest BCUT2D eigenvalue weighted by Gasteiger charge is 2.30. The molecule has 31 heavy (non-hydrogen) atoms. The first-order valence-electron chi connectivity index (χ1n) is 9.50. The van der Waals surface area contributed by atoms with Gasteiger partial charge < -0.3 is 4.90 Å². The fourth-order valence-corrected chi connectivity index (χ4v) is 3.52. The number of aromatic nitrogens is 2. The summed E-state index contributed by atoms with van der Waals surface area (Å²) in [5, 5.41) is 13.9. The number of likely N-dealkylation sites (tertiary alicyclic amines) is 1. The lowest BCUT2D eigenvalue weighted by molar-refractivity contribution is -0.384. The van der Waals surface area contributed by atoms with Gasteiger partial charge in [0.05, 0.1) is 10.6 Å². The third kappa shape index (κ3) is 4.32. The number of nitrogens with one attached hydrogen (secondary N) is 1. The van der Waals surface area contributed by atoms with Crippen LogP contribution in [0.3, 0.4) is 0 Å². The van der Waals surface area contributed by atoms with Gasteiger partial charge in [-0.2, -0.15) is 0 Å². The van der Waals surface area contributed by atoms with Crippen molar-refractivity contribution in [3.05, 3.63) is 82.2 Å². The Morgan fingerprint density at radius 2 is 2.03 bits per heavy atom. The highest BCUT2D eigenvalue weighted by molar-refractivity contribution is 5.91. The molecular weight excluding hydrogens is 408 g/mol. The number of pyridine rings is 2. The number of rotatable bonds is 4. The molecule has 4 rings (SSSR count). The molecule has 0 aliphatic carbocycles. The van der Waals surface area contributed by atoms with Crippen LogP contribution in [0.15, 0.2) is 54.7 Å². The van der Waals surface area contributed by atoms with E-state index >= 15 is 0 Å². The van der Waals surface area contributed by atoms with Crippen LogP contribution in [0.2, 0.25) is 0 Å². The molecule has 3 heterocycles. The summed E-state index contributed by atoms with van der Waals surface area (Å²) in [6, 6.07) is 10.3. The molecule has 0 spiro atoms. The van der Waals surface area contributed by atoms with Gasteiger partial charge in [0.15, 0.2) is 0 Å². The molecule has 10 heteroatoms. The van der Waals surface area contributed by atoms with Crippen molar-refractivity contribution < 1.29 is 18.5 Å². The van der Waals surface area contributed by atoms with E-state index < -0.39 is 28.3 Å². The molecule has 2 aromatic heterocycles. The lowest BCUT2D eigenvalue weighted by Gasteiger charge is -2.17. The quantitative estimate of drug-likeness (QED) is 0.495. The van der Waals surface area contributed by atoms with Crippen LogP contribution in [0.5, 0.6) is 0 Å². The molecule has 1 aliphatic rings. The third-order valence-corrected chi connectivity index (χ3v) is 5.08. The van der Waals surface area contributed by atoms with Gasteiger partial charge in [0.1, 0.15) is 11.6 Å². The fraction of sp³-hybridized carbons (Fsp3) is 0.190. The van der Waals surface area contributed by atoms with Gasteiger partial charge in [0.2, 0.25) is 5.82 Å². The van der Waals surface area contributed by atoms with E-state index in [1.807, 2.05) is 18.2 Å². The summed E-state index contributed by atoms with van der Waals surface area (Å²) >= 11 is 0. The number of hydrogen-bond acceptors (Lipinski definition) is 5. The summed E-state index contributed by atoms with van der Waals surface area (Å²) in [7, 11) is 0. The zero-order valence-electron chi connectivity index (χ0n) is 16.2. The van der Waals surface area contributed by atoms with Crippen LogP contribution >= 0.6 is 0 Å². The number of benzene rings is 1. The van der Waals surface area contributed by atoms with Crippen LogP contribution in [-0.4, -0.2) is 38.9 Å². The Labute approximate surface area is 175 Å². The maximum Gasteiger partial charge on any atom is 0.323 e. The summed E-state index contributed by atoms with van der Waals surface area (Å²) in [4.78, 5) is 33.3. The maximum atomic E-state index is 14.1. The first kappa shape index (κ1) is 20.3. The Hall–Kier alpha value is -3.95. The van der Waals surface area contributed by atoms with Gasteiger partial charge in [0, 0.05) is 48.6 Å². The van der Waals surface area contributed by atoms with Gasteiger partial charge in [0.25, 0.3) is 0 Å². The van der Waals surface area contributed by atoms with Crippen molar-refractivity contribution in [3.8, 4) is 11.3 Å². The molecule has 2 amide bonds. The number of urea groups is 1. The van der Waals surface area contributed by atoms with E-state index in [1.54, 1.807) is 6.20 Å². The summed E-state index contributed by atoms with van der Waals surface area (Å²) in [6.07, 6.45) is 2.40. The first-order chi connectivity index (χ1) is 14.9. The van der Waals surface area contributed by atoms with E-state index in [2.05, 4.69) is 15.3 Å². The monoisotopic (exact) mass is 425 g/mol. The lowest BCUT2D eigenvalue weighted by atomic mass is 10.0. The van der Waals surface area contributed by atoms with Gasteiger partial charge in [-0.1, -0.05) is 6.07 Å². The summed E-state index contributed by atoms with van der Waals surface area (Å²) in [6.45, 7) is 0.857. The number of nitrogens with zero attached hydrogens (tertiary/aromatic N) is 4. The number of amides is 2. The number of hydrogen-bond donors (Lipinski definition) is 1. The highest BCUT2D eigenvalue weighted by Crippen LogP contribution is 2.30. The first-order valence-corrected chi connectivity index (χ1v) is 9.50. The van der Waals surface area contributed by atoms with Crippen molar-refractivity contribution in [2.75, 3.05) is 18.4 Å². The average Bonchev–Trinajstić information content (AvgIpc) is 3.25. The molecule has 1 aliphatic heterocycles. The second kappa shape index (κ2) is 8.42. The van der Waals surface area contributed by atoms with E-state index in [1.165, 1.54) is 17.0 Å². The van der Waals surface area contributed by atoms with Crippen molar-refractivity contribution in [2.45, 2.75) is 12.3 Å². The molecule has 0 saturated carbocycles. The Kier molecular flexibility index (Phi) is 5.52. The van der Waals surface area contributed by atoms with Crippen LogP contribution in [0, 0.1) is 21.7 Å². The van der Waals surface area contributed by atoms with Crippen molar-refractivity contribution >= 4 is 17.5 Å². The smallest absolute Gasteiger partial charge is 0.323 e. The van der Waals surface area contributed by atoms with Crippen molar-refractivity contribution in [1.82, 2.24) is 14.9 Å². The van der Waals surface area contributed by atoms with Gasteiger partial charge >= 0.3 is 11.7 Å². The van der Waals surface area contributed by atoms with E-state index in [4.69, 9.17) is 0 Å². The summed E-state index contributed by atoms with van der Waals surface area (Å²) in [5.74, 6) is -1.86. The number of carbonyl (C=O) groups is 1. The summed E-state index contributed by atoms with van der Waals surface area (Å²) in [5.41, 5.74) is 0.435. The molecule has 158 valence electrons. The van der Waals surface area contributed by atoms with Crippen LogP contribution in [0.25, 0.3) is 11.3 Å². The maximum absolute atomic E-state index is 14.1. The summed E-state index contributed by atoms with van der Waals surface area (Å²) < 4.78 is 27.3. The molecule has 3 aromatic rings. The molecule has 1 unspecified atom stereocenters. The minimum absolute atomic E-state index is 0.0335. The van der Waals surface area contributed by atoms with E-state index in [-0.39, 0.29) is 23.0 Å². The molecular formula is C21H17F2N5O3. The van der Waals surface area contributed by atoms with E-state index in [0.29, 0.717) is 25.6 Å². The lowest BCUT2D eigenvalue weighted by Crippen LogP contribution is -2.33. The Morgan fingerprint density at radius 1 is 1.19 bits per heavy atom. The van der Waals surface area contributed by atoms with Crippen molar-refractivity contribution in [2.24, 2.45) is 0 Å². The van der Waals surface area contributed by atoms with Gasteiger partial charge in [-0.3, -0.25) is 20.4 Å². The minimum Gasteiger partial charge on any atom is -0.324 e. The van der Waals surface area contributed by atoms with Crippen LogP contribution < -0.4 is 5.32 Å². The van der Waals surface area contributed by atoms with Crippen molar-refractivity contribution in [3.63, 3.8) is 0 Å². The van der Waals surface area contributed by atoms with Gasteiger partial charge in [-0.15, -0.1) is 0 Å². The molecule has 8 nitrogen and oxygen atoms in total. The minimum atomic E-state index is -0.864. The Morgan fingerprint density at radius 3 is 2.74 bits per heavy atom. The number of anilines is 1. The molecule has 0 radical (unpaired) electrons. The fourth-order valence-electron chi connectivity index (χ4n) is 3.52. The largest absolute Gasteiger partial charge is 0.324 e. The average molecular weight is 425 g/mol. The SMILES string of the molecule is O=C(Nc1nc(-c2ccc(F)cc2F)ccc1[N+](=O)[O-])N1CCC(c2ccccn2)C1. The Balaban J connectivity index is 1.57. The predicted molar refractivity (Wildman–Crippen MR) is 108 cm³/mol. The molecule has 1 N–H and O–H groups in total. The topological polar surface area (TPSA) is 101 Å². The van der Waals surface area contributed by atoms with Crippen LogP contribution in [0.4, 0.5) is 25.1 Å². The van der Waals surface area contributed by atoms with Crippen molar-refractivity contribution in [1.29, 1.82) is 0 Å². The standard InChI is InChI=1S/C21H17F2N5O3/c22-14-4-5-15(16(23)11-14)18-6-7-19(28(30)31)20(25-18)26-21(29)27-10-8-13(12-27)17-3-1-2-9-24-17/h1-7,9,11,13H,8,10,12H2,(H,25,26,29). The molecule has 1 fully saturated rings. The number of nitro groups is 1. The second-order valence-electron chi connectivity index (χ2n) is 7.06. The normalized spacial score (nSPS) is 15.7.